The first-order chi connectivity index (χ1) is 9.70. The predicted molar refractivity (Wildman–Crippen MR) is 66.9 cm³/mol. The maximum atomic E-state index is 12.4. The van der Waals surface area contributed by atoms with Crippen molar-refractivity contribution in [1.29, 1.82) is 0 Å². The molecule has 2 amide bonds. The van der Waals surface area contributed by atoms with E-state index in [1.165, 1.54) is 0 Å². The number of halogens is 3. The van der Waals surface area contributed by atoms with E-state index in [0.29, 0.717) is 0 Å². The second-order valence-electron chi connectivity index (χ2n) is 5.08. The van der Waals surface area contributed by atoms with Gasteiger partial charge in [-0.25, -0.2) is 0 Å². The number of imide groups is 1. The van der Waals surface area contributed by atoms with Crippen molar-refractivity contribution in [1.82, 2.24) is 4.90 Å². The average molecular weight is 301 g/mol. The Morgan fingerprint density at radius 2 is 1.86 bits per heavy atom. The van der Waals surface area contributed by atoms with Crippen LogP contribution in [0.3, 0.4) is 0 Å². The van der Waals surface area contributed by atoms with Gasteiger partial charge in [0.05, 0.1) is 18.2 Å². The maximum Gasteiger partial charge on any atom is 0.416 e. The van der Waals surface area contributed by atoms with Crippen molar-refractivity contribution in [3.05, 3.63) is 35.4 Å². The molecule has 2 rings (SSSR count). The molecule has 0 aliphatic carbocycles. The third kappa shape index (κ3) is 3.24. The molecule has 1 heterocycles. The number of hydrogen-bond donors (Lipinski definition) is 1. The van der Waals surface area contributed by atoms with Gasteiger partial charge in [0, 0.05) is 12.3 Å². The Kier molecular flexibility index (Phi) is 4.04. The first-order valence-corrected chi connectivity index (χ1v) is 6.39. The van der Waals surface area contributed by atoms with Crippen molar-refractivity contribution >= 4 is 11.8 Å². The molecule has 1 aliphatic heterocycles. The number of aliphatic hydroxyl groups is 1. The summed E-state index contributed by atoms with van der Waals surface area (Å²) in [6, 6.07) is 3.99. The van der Waals surface area contributed by atoms with Crippen molar-refractivity contribution in [2.75, 3.05) is 6.54 Å². The Bertz CT molecular complexity index is 554. The number of rotatable bonds is 3. The second-order valence-corrected chi connectivity index (χ2v) is 5.08. The van der Waals surface area contributed by atoms with E-state index in [2.05, 4.69) is 0 Å². The van der Waals surface area contributed by atoms with Crippen LogP contribution in [0.25, 0.3) is 0 Å². The van der Waals surface area contributed by atoms with Gasteiger partial charge in [-0.15, -0.1) is 0 Å². The van der Waals surface area contributed by atoms with Gasteiger partial charge in [0.1, 0.15) is 0 Å². The lowest BCUT2D eigenvalue weighted by Gasteiger charge is -2.19. The summed E-state index contributed by atoms with van der Waals surface area (Å²) in [5.41, 5.74) is -0.594. The van der Waals surface area contributed by atoms with Gasteiger partial charge >= 0.3 is 6.18 Å². The number of aliphatic hydroxyl groups excluding tert-OH is 1. The van der Waals surface area contributed by atoms with Crippen LogP contribution in [0.4, 0.5) is 13.2 Å². The number of hydrogen-bond acceptors (Lipinski definition) is 3. The molecule has 0 bridgehead atoms. The minimum absolute atomic E-state index is 0.0958. The molecule has 0 spiro atoms. The highest BCUT2D eigenvalue weighted by atomic mass is 19.4. The van der Waals surface area contributed by atoms with E-state index in [9.17, 15) is 27.9 Å². The molecule has 21 heavy (non-hydrogen) atoms. The quantitative estimate of drug-likeness (QED) is 0.870. The van der Waals surface area contributed by atoms with Crippen LogP contribution in [0.15, 0.2) is 24.3 Å². The van der Waals surface area contributed by atoms with Crippen LogP contribution in [0.5, 0.6) is 0 Å². The van der Waals surface area contributed by atoms with Gasteiger partial charge in [-0.1, -0.05) is 19.1 Å². The number of amides is 2. The predicted octanol–water partition coefficient (Wildman–Crippen LogP) is 2.13. The van der Waals surface area contributed by atoms with Gasteiger partial charge < -0.3 is 5.11 Å². The summed E-state index contributed by atoms with van der Waals surface area (Å²) in [6.45, 7) is 1.37. The fraction of sp³-hybridized carbons (Fsp3) is 0.429. The summed E-state index contributed by atoms with van der Waals surface area (Å²) in [6.07, 6.45) is -5.55. The summed E-state index contributed by atoms with van der Waals surface area (Å²) >= 11 is 0. The fourth-order valence-corrected chi connectivity index (χ4v) is 2.21. The molecule has 1 aromatic rings. The van der Waals surface area contributed by atoms with E-state index >= 15 is 0 Å². The monoisotopic (exact) mass is 301 g/mol. The first-order valence-electron chi connectivity index (χ1n) is 6.39. The van der Waals surface area contributed by atoms with Gasteiger partial charge in [0.25, 0.3) is 0 Å². The van der Waals surface area contributed by atoms with E-state index in [1.54, 1.807) is 6.92 Å². The van der Waals surface area contributed by atoms with Crippen molar-refractivity contribution in [2.45, 2.75) is 25.6 Å². The van der Waals surface area contributed by atoms with Crippen molar-refractivity contribution in [2.24, 2.45) is 5.92 Å². The van der Waals surface area contributed by atoms with Crippen LogP contribution in [-0.4, -0.2) is 28.4 Å². The molecule has 114 valence electrons. The highest BCUT2D eigenvalue weighted by Gasteiger charge is 2.36. The molecule has 1 aromatic carbocycles. The fourth-order valence-electron chi connectivity index (χ4n) is 2.21. The highest BCUT2D eigenvalue weighted by molar-refractivity contribution is 6.03. The zero-order valence-corrected chi connectivity index (χ0v) is 11.2. The lowest BCUT2D eigenvalue weighted by Crippen LogP contribution is -2.34. The van der Waals surface area contributed by atoms with Crippen LogP contribution < -0.4 is 0 Å². The van der Waals surface area contributed by atoms with Crippen molar-refractivity contribution in [3.8, 4) is 0 Å². The Labute approximate surface area is 119 Å². The molecule has 1 saturated heterocycles. The van der Waals surface area contributed by atoms with Crippen LogP contribution in [0, 0.1) is 5.92 Å². The SMILES string of the molecule is CC1CC(=O)N(CC(O)c2ccc(C(F)(F)F)cc2)C1=O. The topological polar surface area (TPSA) is 57.6 Å². The van der Waals surface area contributed by atoms with Crippen LogP contribution >= 0.6 is 0 Å². The third-order valence-electron chi connectivity index (χ3n) is 3.45. The Balaban J connectivity index is 2.09. The lowest BCUT2D eigenvalue weighted by atomic mass is 10.1. The normalized spacial score (nSPS) is 21.0. The highest BCUT2D eigenvalue weighted by Crippen LogP contribution is 2.30. The molecule has 0 saturated carbocycles. The van der Waals surface area contributed by atoms with E-state index in [4.69, 9.17) is 0 Å². The van der Waals surface area contributed by atoms with Crippen LogP contribution in [-0.2, 0) is 15.8 Å². The van der Waals surface area contributed by atoms with E-state index in [0.717, 1.165) is 29.2 Å². The van der Waals surface area contributed by atoms with Gasteiger partial charge in [0.2, 0.25) is 11.8 Å². The van der Waals surface area contributed by atoms with Crippen molar-refractivity contribution in [3.63, 3.8) is 0 Å². The number of carbonyl (C=O) groups excluding carboxylic acids is 2. The minimum Gasteiger partial charge on any atom is -0.387 e. The minimum atomic E-state index is -4.44. The molecule has 4 nitrogen and oxygen atoms in total. The maximum absolute atomic E-state index is 12.4. The smallest absolute Gasteiger partial charge is 0.387 e. The van der Waals surface area contributed by atoms with Gasteiger partial charge in [-0.3, -0.25) is 14.5 Å². The third-order valence-corrected chi connectivity index (χ3v) is 3.45. The van der Waals surface area contributed by atoms with E-state index in [1.807, 2.05) is 0 Å². The number of nitrogens with zero attached hydrogens (tertiary/aromatic N) is 1. The zero-order valence-electron chi connectivity index (χ0n) is 11.2. The Morgan fingerprint density at radius 3 is 2.29 bits per heavy atom. The zero-order chi connectivity index (χ0) is 15.8. The molecule has 2 atom stereocenters. The summed E-state index contributed by atoms with van der Waals surface area (Å²) in [7, 11) is 0. The number of β-amino-alcohol motifs (C(OH)–C–C–N with tert-alkyl or cyclic N) is 1. The largest absolute Gasteiger partial charge is 0.416 e. The second kappa shape index (κ2) is 5.48. The van der Waals surface area contributed by atoms with Crippen molar-refractivity contribution < 1.29 is 27.9 Å². The molecule has 0 radical (unpaired) electrons. The summed E-state index contributed by atoms with van der Waals surface area (Å²) in [5.74, 6) is -1.17. The van der Waals surface area contributed by atoms with E-state index in [-0.39, 0.29) is 30.3 Å². The summed E-state index contributed by atoms with van der Waals surface area (Å²) < 4.78 is 37.3. The molecule has 2 unspecified atom stereocenters. The molecule has 1 fully saturated rings. The molecular formula is C14H14F3NO3. The number of likely N-dealkylation sites (tertiary alicyclic amines) is 1. The molecule has 1 N–H and O–H groups in total. The van der Waals surface area contributed by atoms with Crippen LogP contribution in [0.2, 0.25) is 0 Å². The summed E-state index contributed by atoms with van der Waals surface area (Å²) in [4.78, 5) is 24.3. The van der Waals surface area contributed by atoms with Crippen LogP contribution in [0.1, 0.15) is 30.6 Å². The van der Waals surface area contributed by atoms with E-state index < -0.39 is 23.8 Å². The Hall–Kier alpha value is -1.89. The standard InChI is InChI=1S/C14H14F3NO3/c1-8-6-12(20)18(13(8)21)7-11(19)9-2-4-10(5-3-9)14(15,16)17/h2-5,8,11,19H,6-7H2,1H3. The molecule has 1 aliphatic rings. The van der Waals surface area contributed by atoms with Gasteiger partial charge in [0.15, 0.2) is 0 Å². The molecule has 0 aromatic heterocycles. The lowest BCUT2D eigenvalue weighted by molar-refractivity contribution is -0.141. The number of alkyl halides is 3. The average Bonchev–Trinajstić information content (AvgIpc) is 2.64. The number of benzene rings is 1. The molecular weight excluding hydrogens is 287 g/mol. The molecule has 7 heteroatoms. The summed E-state index contributed by atoms with van der Waals surface area (Å²) in [5, 5.41) is 9.97. The Morgan fingerprint density at radius 1 is 1.29 bits per heavy atom. The van der Waals surface area contributed by atoms with Gasteiger partial charge in [-0.2, -0.15) is 13.2 Å². The number of carbonyl (C=O) groups is 2. The van der Waals surface area contributed by atoms with Gasteiger partial charge in [-0.05, 0) is 17.7 Å². The first kappa shape index (κ1) is 15.5.